The lowest BCUT2D eigenvalue weighted by molar-refractivity contribution is 0.0718. The smallest absolute Gasteiger partial charge is 0.255 e. The van der Waals surface area contributed by atoms with E-state index in [0.29, 0.717) is 37.8 Å². The van der Waals surface area contributed by atoms with Gasteiger partial charge in [-0.2, -0.15) is 4.31 Å². The van der Waals surface area contributed by atoms with Crippen LogP contribution in [0.25, 0.3) is 0 Å². The molecule has 2 bridgehead atoms. The van der Waals surface area contributed by atoms with Gasteiger partial charge in [-0.25, -0.2) is 12.8 Å². The first kappa shape index (κ1) is 27.1. The van der Waals surface area contributed by atoms with E-state index in [-0.39, 0.29) is 39.2 Å². The number of hydrogen-bond acceptors (Lipinski definition) is 5. The second-order valence-electron chi connectivity index (χ2n) is 10.9. The van der Waals surface area contributed by atoms with E-state index in [4.69, 9.17) is 11.6 Å². The summed E-state index contributed by atoms with van der Waals surface area (Å²) in [6, 6.07) is 18.3. The quantitative estimate of drug-likeness (QED) is 0.444. The van der Waals surface area contributed by atoms with Crippen LogP contribution in [0, 0.1) is 5.82 Å². The van der Waals surface area contributed by atoms with Gasteiger partial charge in [-0.05, 0) is 73.6 Å². The molecule has 0 spiro atoms. The number of benzene rings is 3. The standard InChI is InChI=1S/C30H31ClFN3O4S/c31-27-16-22(32)6-10-26(27)30(37)33-18-23-7-8-24(19-33)35(23)28-17-25(9-11-29(28)36)40(38,39)34-14-12-21(13-15-34)20-4-2-1-3-5-20/h1-6,9-11,16-17,21,23-24,36H,7-8,12-15,18-19H2/t23-,24+. The SMILES string of the molecule is O=C(c1ccc(F)cc1Cl)N1C[C@H]2CC[C@@H](C1)N2c1cc(S(=O)(=O)N2CCC(c3ccccc3)CC2)ccc1O. The summed E-state index contributed by atoms with van der Waals surface area (Å²) in [4.78, 5) is 17.1. The van der Waals surface area contributed by atoms with Crippen molar-refractivity contribution in [2.45, 2.75) is 48.6 Å². The van der Waals surface area contributed by atoms with Gasteiger partial charge in [0.05, 0.1) is 21.2 Å². The van der Waals surface area contributed by atoms with Gasteiger partial charge >= 0.3 is 0 Å². The molecule has 3 aliphatic heterocycles. The molecule has 3 saturated heterocycles. The number of phenols is 1. The zero-order chi connectivity index (χ0) is 28.0. The molecule has 210 valence electrons. The number of likely N-dealkylation sites (tertiary alicyclic amines) is 1. The number of piperazine rings is 1. The summed E-state index contributed by atoms with van der Waals surface area (Å²) < 4.78 is 42.3. The number of nitrogens with zero attached hydrogens (tertiary/aromatic N) is 3. The van der Waals surface area contributed by atoms with Crippen LogP contribution in [0.3, 0.4) is 0 Å². The molecule has 0 aliphatic carbocycles. The lowest BCUT2D eigenvalue weighted by atomic mass is 9.90. The Balaban J connectivity index is 1.19. The van der Waals surface area contributed by atoms with Crippen LogP contribution < -0.4 is 4.90 Å². The molecule has 40 heavy (non-hydrogen) atoms. The summed E-state index contributed by atoms with van der Waals surface area (Å²) in [5, 5.41) is 10.9. The Bertz CT molecular complexity index is 1520. The predicted molar refractivity (Wildman–Crippen MR) is 152 cm³/mol. The number of fused-ring (bicyclic) bond motifs is 2. The number of amides is 1. The number of piperidine rings is 1. The van der Waals surface area contributed by atoms with Crippen molar-refractivity contribution in [3.8, 4) is 5.75 Å². The number of phenolic OH excluding ortho intramolecular Hbond substituents is 1. The van der Waals surface area contributed by atoms with Crippen LogP contribution in [0.2, 0.25) is 5.02 Å². The Morgan fingerprint density at radius 1 is 0.900 bits per heavy atom. The van der Waals surface area contributed by atoms with E-state index in [2.05, 4.69) is 17.0 Å². The van der Waals surface area contributed by atoms with Gasteiger partial charge in [-0.3, -0.25) is 4.79 Å². The average molecular weight is 584 g/mol. The molecule has 3 heterocycles. The van der Waals surface area contributed by atoms with Crippen LogP contribution in [0.4, 0.5) is 10.1 Å². The molecule has 3 fully saturated rings. The maximum atomic E-state index is 13.6. The maximum absolute atomic E-state index is 13.6. The lowest BCUT2D eigenvalue weighted by Crippen LogP contribution is -2.55. The fourth-order valence-electron chi connectivity index (χ4n) is 6.47. The van der Waals surface area contributed by atoms with Crippen molar-refractivity contribution >= 4 is 33.2 Å². The number of halogens is 2. The number of anilines is 1. The zero-order valence-corrected chi connectivity index (χ0v) is 23.5. The molecule has 0 saturated carbocycles. The average Bonchev–Trinajstić information content (AvgIpc) is 3.21. The Kier molecular flexibility index (Phi) is 7.23. The number of sulfonamides is 1. The maximum Gasteiger partial charge on any atom is 0.255 e. The zero-order valence-electron chi connectivity index (χ0n) is 21.9. The van der Waals surface area contributed by atoms with Crippen LogP contribution in [0.1, 0.15) is 47.5 Å². The Labute approximate surface area is 238 Å². The summed E-state index contributed by atoms with van der Waals surface area (Å²) in [5.41, 5.74) is 1.96. The summed E-state index contributed by atoms with van der Waals surface area (Å²) >= 11 is 6.15. The predicted octanol–water partition coefficient (Wildman–Crippen LogP) is 5.25. The molecular weight excluding hydrogens is 553 g/mol. The number of carbonyl (C=O) groups excluding carboxylic acids is 1. The van der Waals surface area contributed by atoms with Gasteiger partial charge in [0.2, 0.25) is 10.0 Å². The molecular formula is C30H31ClFN3O4S. The number of aromatic hydroxyl groups is 1. The van der Waals surface area contributed by atoms with Crippen LogP contribution >= 0.6 is 11.6 Å². The normalized spacial score (nSPS) is 22.1. The fraction of sp³-hybridized carbons (Fsp3) is 0.367. The molecule has 3 aliphatic rings. The summed E-state index contributed by atoms with van der Waals surface area (Å²) in [6.45, 7) is 1.67. The first-order chi connectivity index (χ1) is 19.2. The van der Waals surface area contributed by atoms with Crippen LogP contribution in [-0.4, -0.2) is 66.9 Å². The van der Waals surface area contributed by atoms with Gasteiger partial charge in [0.15, 0.2) is 0 Å². The first-order valence-corrected chi connectivity index (χ1v) is 15.4. The third kappa shape index (κ3) is 4.95. The van der Waals surface area contributed by atoms with E-state index in [9.17, 15) is 22.7 Å². The molecule has 3 aromatic rings. The largest absolute Gasteiger partial charge is 0.506 e. The van der Waals surface area contributed by atoms with Crippen molar-refractivity contribution in [1.29, 1.82) is 0 Å². The Hall–Kier alpha value is -3.14. The molecule has 0 unspecified atom stereocenters. The van der Waals surface area contributed by atoms with Gasteiger partial charge in [-0.1, -0.05) is 41.9 Å². The van der Waals surface area contributed by atoms with E-state index in [1.807, 2.05) is 18.2 Å². The molecule has 0 radical (unpaired) electrons. The third-order valence-corrected chi connectivity index (χ3v) is 10.7. The molecule has 7 nitrogen and oxygen atoms in total. The molecule has 10 heteroatoms. The summed E-state index contributed by atoms with van der Waals surface area (Å²) in [7, 11) is -3.74. The second kappa shape index (κ2) is 10.7. The molecule has 2 atom stereocenters. The highest BCUT2D eigenvalue weighted by molar-refractivity contribution is 7.89. The van der Waals surface area contributed by atoms with Crippen molar-refractivity contribution in [3.05, 3.63) is 88.7 Å². The number of hydrogen-bond donors (Lipinski definition) is 1. The van der Waals surface area contributed by atoms with E-state index >= 15 is 0 Å². The minimum atomic E-state index is -3.74. The minimum Gasteiger partial charge on any atom is -0.506 e. The van der Waals surface area contributed by atoms with E-state index in [1.54, 1.807) is 15.3 Å². The van der Waals surface area contributed by atoms with Gasteiger partial charge in [0.25, 0.3) is 5.91 Å². The highest BCUT2D eigenvalue weighted by atomic mass is 35.5. The van der Waals surface area contributed by atoms with Gasteiger partial charge in [-0.15, -0.1) is 0 Å². The van der Waals surface area contributed by atoms with Crippen LogP contribution in [0.5, 0.6) is 5.75 Å². The molecule has 6 rings (SSSR count). The lowest BCUT2D eigenvalue weighted by Gasteiger charge is -2.43. The molecule has 1 N–H and O–H groups in total. The van der Waals surface area contributed by atoms with E-state index in [0.717, 1.165) is 31.7 Å². The van der Waals surface area contributed by atoms with Crippen molar-refractivity contribution in [2.75, 3.05) is 31.1 Å². The van der Waals surface area contributed by atoms with Gasteiger partial charge in [0.1, 0.15) is 11.6 Å². The highest BCUT2D eigenvalue weighted by Crippen LogP contribution is 2.41. The van der Waals surface area contributed by atoms with Crippen molar-refractivity contribution in [3.63, 3.8) is 0 Å². The topological polar surface area (TPSA) is 81.2 Å². The molecule has 3 aromatic carbocycles. The fourth-order valence-corrected chi connectivity index (χ4v) is 8.21. The van der Waals surface area contributed by atoms with Crippen molar-refractivity contribution in [1.82, 2.24) is 9.21 Å². The second-order valence-corrected chi connectivity index (χ2v) is 13.2. The van der Waals surface area contributed by atoms with Crippen molar-refractivity contribution < 1.29 is 22.7 Å². The Morgan fingerprint density at radius 2 is 1.57 bits per heavy atom. The van der Waals surface area contributed by atoms with Gasteiger partial charge in [0, 0.05) is 38.3 Å². The van der Waals surface area contributed by atoms with E-state index in [1.165, 1.54) is 29.8 Å². The molecule has 0 aromatic heterocycles. The van der Waals surface area contributed by atoms with Crippen molar-refractivity contribution in [2.24, 2.45) is 0 Å². The number of rotatable bonds is 5. The summed E-state index contributed by atoms with van der Waals surface area (Å²) in [6.07, 6.45) is 3.11. The number of carbonyl (C=O) groups is 1. The van der Waals surface area contributed by atoms with Crippen LogP contribution in [0.15, 0.2) is 71.6 Å². The highest BCUT2D eigenvalue weighted by Gasteiger charge is 2.43. The summed E-state index contributed by atoms with van der Waals surface area (Å²) in [5.74, 6) is -0.416. The Morgan fingerprint density at radius 3 is 2.23 bits per heavy atom. The van der Waals surface area contributed by atoms with Gasteiger partial charge < -0.3 is 14.9 Å². The monoisotopic (exact) mass is 583 g/mol. The molecule has 1 amide bonds. The minimum absolute atomic E-state index is 0.0139. The van der Waals surface area contributed by atoms with Crippen LogP contribution in [-0.2, 0) is 10.0 Å². The third-order valence-electron chi connectivity index (χ3n) is 8.52. The van der Waals surface area contributed by atoms with E-state index < -0.39 is 15.8 Å². The first-order valence-electron chi connectivity index (χ1n) is 13.6.